The number of rotatable bonds is 4. The van der Waals surface area contributed by atoms with E-state index in [2.05, 4.69) is 26.6 Å². The number of carbonyl (C=O) groups excluding carboxylic acids is 1. The highest BCUT2D eigenvalue weighted by atomic mass is 79.9. The topological polar surface area (TPSA) is 41.1 Å². The Morgan fingerprint density at radius 1 is 1.13 bits per heavy atom. The Bertz CT molecular complexity index is 722. The van der Waals surface area contributed by atoms with Crippen LogP contribution in [0.1, 0.15) is 5.56 Å². The predicted octanol–water partition coefficient (Wildman–Crippen LogP) is 5.17. The van der Waals surface area contributed by atoms with Crippen molar-refractivity contribution in [3.8, 4) is 0 Å². The van der Waals surface area contributed by atoms with Crippen LogP contribution in [0, 0.1) is 0 Å². The number of alkyl halides is 3. The highest BCUT2D eigenvalue weighted by Crippen LogP contribution is 2.36. The molecule has 0 aliphatic heterocycles. The van der Waals surface area contributed by atoms with E-state index in [-0.39, 0.29) is 16.7 Å². The fraction of sp³-hybridized carbons (Fsp3) is 0.133. The van der Waals surface area contributed by atoms with Crippen molar-refractivity contribution in [3.63, 3.8) is 0 Å². The lowest BCUT2D eigenvalue weighted by atomic mass is 10.2. The Kier molecular flexibility index (Phi) is 5.54. The SMILES string of the molecule is O=C(CNc1ccc(Br)c(C(F)(F)F)c1)Nc1cccc(Cl)c1. The average Bonchev–Trinajstić information content (AvgIpc) is 2.45. The zero-order chi connectivity index (χ0) is 17.0. The number of anilines is 2. The second-order valence-electron chi connectivity index (χ2n) is 4.60. The van der Waals surface area contributed by atoms with Gasteiger partial charge in [-0.1, -0.05) is 33.6 Å². The van der Waals surface area contributed by atoms with Crippen LogP contribution >= 0.6 is 27.5 Å². The molecule has 0 bridgehead atoms. The number of nitrogens with one attached hydrogen (secondary N) is 2. The van der Waals surface area contributed by atoms with E-state index >= 15 is 0 Å². The third-order valence-corrected chi connectivity index (χ3v) is 3.76. The third-order valence-electron chi connectivity index (χ3n) is 2.83. The van der Waals surface area contributed by atoms with Gasteiger partial charge >= 0.3 is 6.18 Å². The van der Waals surface area contributed by atoms with Gasteiger partial charge in [-0.3, -0.25) is 4.79 Å². The molecule has 0 heterocycles. The molecule has 0 radical (unpaired) electrons. The Labute approximate surface area is 144 Å². The van der Waals surface area contributed by atoms with Crippen molar-refractivity contribution in [2.24, 2.45) is 0 Å². The minimum absolute atomic E-state index is 0.0565. The van der Waals surface area contributed by atoms with Crippen LogP contribution in [-0.2, 0) is 11.0 Å². The van der Waals surface area contributed by atoms with Crippen molar-refractivity contribution in [3.05, 3.63) is 57.5 Å². The van der Waals surface area contributed by atoms with Gasteiger partial charge < -0.3 is 10.6 Å². The largest absolute Gasteiger partial charge is 0.417 e. The summed E-state index contributed by atoms with van der Waals surface area (Å²) in [6.45, 7) is -0.175. The minimum Gasteiger partial charge on any atom is -0.376 e. The first-order valence-electron chi connectivity index (χ1n) is 6.42. The summed E-state index contributed by atoms with van der Waals surface area (Å²) in [4.78, 5) is 11.8. The van der Waals surface area contributed by atoms with E-state index in [1.165, 1.54) is 12.1 Å². The molecule has 2 N–H and O–H groups in total. The normalized spacial score (nSPS) is 11.2. The Morgan fingerprint density at radius 3 is 2.52 bits per heavy atom. The quantitative estimate of drug-likeness (QED) is 0.734. The molecule has 0 aliphatic carbocycles. The summed E-state index contributed by atoms with van der Waals surface area (Å²) in [7, 11) is 0. The molecule has 0 unspecified atom stereocenters. The van der Waals surface area contributed by atoms with Crippen LogP contribution < -0.4 is 10.6 Å². The lowest BCUT2D eigenvalue weighted by Gasteiger charge is -2.12. The molecule has 0 atom stereocenters. The first kappa shape index (κ1) is 17.6. The molecule has 2 aromatic carbocycles. The number of halogens is 5. The van der Waals surface area contributed by atoms with Gasteiger partial charge in [-0.05, 0) is 36.4 Å². The van der Waals surface area contributed by atoms with E-state index in [1.807, 2.05) is 0 Å². The summed E-state index contributed by atoms with van der Waals surface area (Å²) in [6, 6.07) is 10.2. The molecular formula is C15H11BrClF3N2O. The fourth-order valence-corrected chi connectivity index (χ4v) is 2.47. The summed E-state index contributed by atoms with van der Waals surface area (Å²) in [5, 5.41) is 5.72. The lowest BCUT2D eigenvalue weighted by Crippen LogP contribution is -2.22. The maximum Gasteiger partial charge on any atom is 0.417 e. The van der Waals surface area contributed by atoms with Crippen LogP contribution in [0.5, 0.6) is 0 Å². The van der Waals surface area contributed by atoms with E-state index in [1.54, 1.807) is 24.3 Å². The summed E-state index contributed by atoms with van der Waals surface area (Å²) < 4.78 is 38.4. The number of hydrogen-bond acceptors (Lipinski definition) is 2. The predicted molar refractivity (Wildman–Crippen MR) is 87.7 cm³/mol. The van der Waals surface area contributed by atoms with E-state index in [9.17, 15) is 18.0 Å². The van der Waals surface area contributed by atoms with Crippen molar-refractivity contribution in [1.82, 2.24) is 0 Å². The van der Waals surface area contributed by atoms with E-state index in [0.29, 0.717) is 10.7 Å². The standard InChI is InChI=1S/C15H11BrClF3N2O/c16-13-5-4-10(7-12(13)15(18,19)20)21-8-14(23)22-11-3-1-2-9(17)6-11/h1-7,21H,8H2,(H,22,23). The van der Waals surface area contributed by atoms with Crippen molar-refractivity contribution < 1.29 is 18.0 Å². The van der Waals surface area contributed by atoms with Gasteiger partial charge in [0.1, 0.15) is 0 Å². The van der Waals surface area contributed by atoms with E-state index in [0.717, 1.165) is 6.07 Å². The van der Waals surface area contributed by atoms with Crippen molar-refractivity contribution >= 4 is 44.8 Å². The minimum atomic E-state index is -4.47. The molecule has 1 amide bonds. The molecule has 2 rings (SSSR count). The second-order valence-corrected chi connectivity index (χ2v) is 5.90. The van der Waals surface area contributed by atoms with Crippen LogP contribution in [0.3, 0.4) is 0 Å². The van der Waals surface area contributed by atoms with Crippen molar-refractivity contribution in [2.45, 2.75) is 6.18 Å². The van der Waals surface area contributed by atoms with Gasteiger partial charge in [0.05, 0.1) is 12.1 Å². The van der Waals surface area contributed by atoms with Gasteiger partial charge in [0.25, 0.3) is 0 Å². The first-order chi connectivity index (χ1) is 10.8. The van der Waals surface area contributed by atoms with Gasteiger partial charge in [0, 0.05) is 20.9 Å². The van der Waals surface area contributed by atoms with Gasteiger partial charge in [0.2, 0.25) is 5.91 Å². The van der Waals surface area contributed by atoms with Crippen LogP contribution in [-0.4, -0.2) is 12.5 Å². The number of carbonyl (C=O) groups is 1. The highest BCUT2D eigenvalue weighted by Gasteiger charge is 2.33. The second kappa shape index (κ2) is 7.23. The van der Waals surface area contributed by atoms with Crippen LogP contribution in [0.15, 0.2) is 46.9 Å². The van der Waals surface area contributed by atoms with Crippen LogP contribution in [0.2, 0.25) is 5.02 Å². The van der Waals surface area contributed by atoms with Gasteiger partial charge in [-0.25, -0.2) is 0 Å². The van der Waals surface area contributed by atoms with Gasteiger partial charge in [-0.2, -0.15) is 13.2 Å². The lowest BCUT2D eigenvalue weighted by molar-refractivity contribution is -0.138. The number of hydrogen-bond donors (Lipinski definition) is 2. The molecule has 3 nitrogen and oxygen atoms in total. The molecule has 2 aromatic rings. The molecule has 0 fully saturated rings. The number of benzene rings is 2. The zero-order valence-corrected chi connectivity index (χ0v) is 13.9. The fourth-order valence-electron chi connectivity index (χ4n) is 1.81. The molecule has 0 saturated heterocycles. The Balaban J connectivity index is 1.99. The molecule has 0 saturated carbocycles. The molecule has 122 valence electrons. The van der Waals surface area contributed by atoms with Crippen LogP contribution in [0.25, 0.3) is 0 Å². The molecule has 0 spiro atoms. The molecule has 0 aliphatic rings. The Morgan fingerprint density at radius 2 is 1.87 bits per heavy atom. The third kappa shape index (κ3) is 5.14. The molecule has 23 heavy (non-hydrogen) atoms. The van der Waals surface area contributed by atoms with Crippen LogP contribution in [0.4, 0.5) is 24.5 Å². The van der Waals surface area contributed by atoms with Gasteiger partial charge in [0.15, 0.2) is 0 Å². The summed E-state index contributed by atoms with van der Waals surface area (Å²) in [5.74, 6) is -0.399. The summed E-state index contributed by atoms with van der Waals surface area (Å²) in [6.07, 6.45) is -4.47. The molecule has 0 aromatic heterocycles. The smallest absolute Gasteiger partial charge is 0.376 e. The summed E-state index contributed by atoms with van der Waals surface area (Å²) >= 11 is 8.66. The van der Waals surface area contributed by atoms with Crippen molar-refractivity contribution in [1.29, 1.82) is 0 Å². The monoisotopic (exact) mass is 406 g/mol. The Hall–Kier alpha value is -1.73. The van der Waals surface area contributed by atoms with Crippen molar-refractivity contribution in [2.75, 3.05) is 17.2 Å². The number of amides is 1. The maximum atomic E-state index is 12.8. The zero-order valence-electron chi connectivity index (χ0n) is 11.5. The first-order valence-corrected chi connectivity index (χ1v) is 7.59. The van der Waals surface area contributed by atoms with E-state index in [4.69, 9.17) is 11.6 Å². The van der Waals surface area contributed by atoms with E-state index < -0.39 is 17.6 Å². The summed E-state index contributed by atoms with van der Waals surface area (Å²) in [5.41, 5.74) is -0.101. The maximum absolute atomic E-state index is 12.8. The highest BCUT2D eigenvalue weighted by molar-refractivity contribution is 9.10. The molecule has 8 heteroatoms. The average molecular weight is 408 g/mol. The van der Waals surface area contributed by atoms with Gasteiger partial charge in [-0.15, -0.1) is 0 Å². The molecular weight excluding hydrogens is 397 g/mol.